The lowest BCUT2D eigenvalue weighted by molar-refractivity contribution is -0.132. The molecule has 0 aliphatic carbocycles. The minimum absolute atomic E-state index is 0.0197. The summed E-state index contributed by atoms with van der Waals surface area (Å²) >= 11 is 1.20. The fourth-order valence-corrected chi connectivity index (χ4v) is 4.47. The largest absolute Gasteiger partial charge is 0.507 e. The highest BCUT2D eigenvalue weighted by Crippen LogP contribution is 2.43. The Morgan fingerprint density at radius 1 is 1.06 bits per heavy atom. The number of aliphatic hydroxyl groups excluding tert-OH is 1. The van der Waals surface area contributed by atoms with Gasteiger partial charge >= 0.3 is 5.91 Å². The predicted octanol–water partition coefficient (Wildman–Crippen LogP) is 4.66. The van der Waals surface area contributed by atoms with Gasteiger partial charge in [0.1, 0.15) is 22.3 Å². The summed E-state index contributed by atoms with van der Waals surface area (Å²) in [4.78, 5) is 27.6. The van der Waals surface area contributed by atoms with Crippen molar-refractivity contribution in [2.75, 3.05) is 18.1 Å². The predicted molar refractivity (Wildman–Crippen MR) is 129 cm³/mol. The molecular formula is C25H25N3O5S. The Bertz CT molecular complexity index is 1240. The number of amides is 1. The summed E-state index contributed by atoms with van der Waals surface area (Å²) in [5.41, 5.74) is 0.998. The number of hydrogen-bond acceptors (Lipinski definition) is 8. The van der Waals surface area contributed by atoms with E-state index in [1.54, 1.807) is 55.5 Å². The molecule has 0 radical (unpaired) electrons. The maximum absolute atomic E-state index is 13.2. The number of ether oxygens (including phenoxy) is 2. The second-order valence-corrected chi connectivity index (χ2v) is 8.81. The molecule has 34 heavy (non-hydrogen) atoms. The molecule has 4 rings (SSSR count). The molecule has 1 fully saturated rings. The van der Waals surface area contributed by atoms with Gasteiger partial charge in [-0.3, -0.25) is 14.5 Å². The lowest BCUT2D eigenvalue weighted by Crippen LogP contribution is -2.29. The lowest BCUT2D eigenvalue weighted by Gasteiger charge is -2.23. The normalized spacial score (nSPS) is 17.3. The highest BCUT2D eigenvalue weighted by atomic mass is 32.1. The van der Waals surface area contributed by atoms with Gasteiger partial charge < -0.3 is 14.6 Å². The van der Waals surface area contributed by atoms with Crippen molar-refractivity contribution in [2.45, 2.75) is 33.2 Å². The molecule has 1 aliphatic rings. The van der Waals surface area contributed by atoms with Crippen molar-refractivity contribution in [3.05, 3.63) is 70.2 Å². The molecule has 3 aromatic rings. The average molecular weight is 480 g/mol. The van der Waals surface area contributed by atoms with Crippen LogP contribution in [0.2, 0.25) is 0 Å². The van der Waals surface area contributed by atoms with Crippen LogP contribution >= 0.6 is 11.3 Å². The number of ketones is 1. The molecule has 1 aromatic heterocycles. The lowest BCUT2D eigenvalue weighted by atomic mass is 9.95. The van der Waals surface area contributed by atoms with Crippen LogP contribution in [0.1, 0.15) is 42.4 Å². The highest BCUT2D eigenvalue weighted by Gasteiger charge is 2.48. The SMILES string of the molecule is CCCOc1ccc(C(O)=C2C(=O)C(=O)N(c3nnc(C)s3)C2c2cccc(OCC)c2)cc1. The first-order valence-corrected chi connectivity index (χ1v) is 11.8. The third kappa shape index (κ3) is 4.51. The van der Waals surface area contributed by atoms with Crippen LogP contribution in [0, 0.1) is 6.92 Å². The quantitative estimate of drug-likeness (QED) is 0.285. The first-order chi connectivity index (χ1) is 16.4. The molecule has 0 saturated carbocycles. The van der Waals surface area contributed by atoms with Gasteiger partial charge in [0.25, 0.3) is 5.78 Å². The number of hydrogen-bond donors (Lipinski definition) is 1. The summed E-state index contributed by atoms with van der Waals surface area (Å²) in [6, 6.07) is 13.0. The summed E-state index contributed by atoms with van der Waals surface area (Å²) in [6.45, 7) is 6.69. The molecule has 176 valence electrons. The maximum atomic E-state index is 13.2. The number of aromatic nitrogens is 2. The molecule has 9 heteroatoms. The van der Waals surface area contributed by atoms with Crippen molar-refractivity contribution in [3.63, 3.8) is 0 Å². The van der Waals surface area contributed by atoms with Gasteiger partial charge in [0.2, 0.25) is 5.13 Å². The second-order valence-electron chi connectivity index (χ2n) is 7.65. The topological polar surface area (TPSA) is 102 Å². The minimum atomic E-state index is -0.885. The number of Topliss-reactive ketones (excluding diaryl/α,β-unsaturated/α-hetero) is 1. The van der Waals surface area contributed by atoms with E-state index in [-0.39, 0.29) is 16.5 Å². The molecular weight excluding hydrogens is 454 g/mol. The fourth-order valence-electron chi connectivity index (χ4n) is 3.75. The molecule has 1 aliphatic heterocycles. The van der Waals surface area contributed by atoms with E-state index in [1.165, 1.54) is 16.2 Å². The standard InChI is InChI=1S/C25H25N3O5S/c1-4-13-33-18-11-9-16(10-12-18)22(29)20-21(17-7-6-8-19(14-17)32-5-2)28(24(31)23(20)30)25-27-26-15(3)34-25/h6-12,14,21,29H,4-5,13H2,1-3H3. The van der Waals surface area contributed by atoms with Gasteiger partial charge in [-0.1, -0.05) is 30.4 Å². The Balaban J connectivity index is 1.84. The molecule has 2 aromatic carbocycles. The van der Waals surface area contributed by atoms with Crippen molar-refractivity contribution in [3.8, 4) is 11.5 Å². The first-order valence-electron chi connectivity index (χ1n) is 11.0. The van der Waals surface area contributed by atoms with Crippen LogP contribution in [0.25, 0.3) is 5.76 Å². The van der Waals surface area contributed by atoms with E-state index in [0.29, 0.717) is 40.8 Å². The Morgan fingerprint density at radius 2 is 1.82 bits per heavy atom. The van der Waals surface area contributed by atoms with Crippen LogP contribution in [0.5, 0.6) is 11.5 Å². The van der Waals surface area contributed by atoms with Crippen molar-refractivity contribution < 1.29 is 24.2 Å². The number of anilines is 1. The fraction of sp³-hybridized carbons (Fsp3) is 0.280. The first kappa shape index (κ1) is 23.4. The van der Waals surface area contributed by atoms with E-state index in [4.69, 9.17) is 9.47 Å². The third-order valence-corrected chi connectivity index (χ3v) is 6.09. The van der Waals surface area contributed by atoms with E-state index < -0.39 is 17.7 Å². The van der Waals surface area contributed by atoms with Crippen LogP contribution < -0.4 is 14.4 Å². The van der Waals surface area contributed by atoms with Gasteiger partial charge in [-0.2, -0.15) is 0 Å². The zero-order valence-electron chi connectivity index (χ0n) is 19.1. The smallest absolute Gasteiger partial charge is 0.301 e. The molecule has 0 bridgehead atoms. The van der Waals surface area contributed by atoms with Gasteiger partial charge in [-0.05, 0) is 62.2 Å². The highest BCUT2D eigenvalue weighted by molar-refractivity contribution is 7.15. The number of aliphatic hydroxyl groups is 1. The molecule has 8 nitrogen and oxygen atoms in total. The number of carbonyl (C=O) groups is 2. The minimum Gasteiger partial charge on any atom is -0.507 e. The van der Waals surface area contributed by atoms with Crippen molar-refractivity contribution in [1.29, 1.82) is 0 Å². The summed E-state index contributed by atoms with van der Waals surface area (Å²) < 4.78 is 11.2. The van der Waals surface area contributed by atoms with E-state index in [0.717, 1.165) is 6.42 Å². The van der Waals surface area contributed by atoms with Gasteiger partial charge in [-0.15, -0.1) is 10.2 Å². The average Bonchev–Trinajstić information content (AvgIpc) is 3.38. The summed E-state index contributed by atoms with van der Waals surface area (Å²) in [7, 11) is 0. The molecule has 1 atom stereocenters. The summed E-state index contributed by atoms with van der Waals surface area (Å²) in [5, 5.41) is 20.3. The maximum Gasteiger partial charge on any atom is 0.301 e. The number of nitrogens with zero attached hydrogens (tertiary/aromatic N) is 3. The van der Waals surface area contributed by atoms with E-state index in [2.05, 4.69) is 10.2 Å². The number of rotatable bonds is 8. The van der Waals surface area contributed by atoms with Crippen LogP contribution in [0.4, 0.5) is 5.13 Å². The summed E-state index contributed by atoms with van der Waals surface area (Å²) in [5.74, 6) is -0.576. The number of carbonyl (C=O) groups excluding carboxylic acids is 2. The molecule has 0 spiro atoms. The zero-order valence-corrected chi connectivity index (χ0v) is 20.0. The van der Waals surface area contributed by atoms with Crippen molar-refractivity contribution in [2.24, 2.45) is 0 Å². The number of aryl methyl sites for hydroxylation is 1. The molecule has 2 heterocycles. The van der Waals surface area contributed by atoms with Gasteiger partial charge in [0, 0.05) is 5.56 Å². The van der Waals surface area contributed by atoms with Crippen LogP contribution in [0.15, 0.2) is 54.1 Å². The molecule has 1 amide bonds. The van der Waals surface area contributed by atoms with Gasteiger partial charge in [-0.25, -0.2) is 0 Å². The summed E-state index contributed by atoms with van der Waals surface area (Å²) in [6.07, 6.45) is 0.872. The second kappa shape index (κ2) is 10.0. The van der Waals surface area contributed by atoms with Crippen molar-refractivity contribution >= 4 is 33.9 Å². The van der Waals surface area contributed by atoms with Crippen LogP contribution in [-0.4, -0.2) is 40.2 Å². The Labute approximate surface area is 201 Å². The van der Waals surface area contributed by atoms with E-state index in [9.17, 15) is 14.7 Å². The van der Waals surface area contributed by atoms with E-state index >= 15 is 0 Å². The Morgan fingerprint density at radius 3 is 2.47 bits per heavy atom. The van der Waals surface area contributed by atoms with Crippen molar-refractivity contribution in [1.82, 2.24) is 10.2 Å². The number of benzene rings is 2. The molecule has 1 N–H and O–H groups in total. The molecule has 1 saturated heterocycles. The Hall–Kier alpha value is -3.72. The Kier molecular flexibility index (Phi) is 6.93. The van der Waals surface area contributed by atoms with Crippen LogP contribution in [-0.2, 0) is 9.59 Å². The monoisotopic (exact) mass is 479 g/mol. The van der Waals surface area contributed by atoms with Gasteiger partial charge in [0.15, 0.2) is 0 Å². The zero-order chi connectivity index (χ0) is 24.2. The van der Waals surface area contributed by atoms with E-state index in [1.807, 2.05) is 13.8 Å². The van der Waals surface area contributed by atoms with Crippen LogP contribution in [0.3, 0.4) is 0 Å². The van der Waals surface area contributed by atoms with Gasteiger partial charge in [0.05, 0.1) is 24.8 Å². The molecule has 1 unspecified atom stereocenters. The third-order valence-electron chi connectivity index (χ3n) is 5.25.